The molecule has 0 amide bonds. The van der Waals surface area contributed by atoms with Crippen molar-refractivity contribution in [3.8, 4) is 0 Å². The Kier molecular flexibility index (Phi) is 2.82. The lowest BCUT2D eigenvalue weighted by molar-refractivity contribution is 0.0148. The van der Waals surface area contributed by atoms with Crippen LogP contribution in [-0.2, 0) is 0 Å². The van der Waals surface area contributed by atoms with E-state index in [4.69, 9.17) is 5.73 Å². The monoisotopic (exact) mass is 198 g/mol. The van der Waals surface area contributed by atoms with Crippen LogP contribution in [0.2, 0.25) is 0 Å². The van der Waals surface area contributed by atoms with Gasteiger partial charge in [0.05, 0.1) is 5.60 Å². The number of nitrogens with two attached hydrogens (primary N) is 1. The van der Waals surface area contributed by atoms with Crippen LogP contribution in [0.4, 0.5) is 0 Å². The number of rotatable bonds is 2. The largest absolute Gasteiger partial charge is 0.389 e. The van der Waals surface area contributed by atoms with Crippen molar-refractivity contribution >= 4 is 0 Å². The molecule has 82 valence electrons. The van der Waals surface area contributed by atoms with Crippen LogP contribution in [0.15, 0.2) is 0 Å². The summed E-state index contributed by atoms with van der Waals surface area (Å²) in [5, 5.41) is 10.2. The summed E-state index contributed by atoms with van der Waals surface area (Å²) in [7, 11) is 0. The van der Waals surface area contributed by atoms with E-state index < -0.39 is 5.60 Å². The van der Waals surface area contributed by atoms with E-state index in [0.29, 0.717) is 12.0 Å². The molecule has 1 heterocycles. The van der Waals surface area contributed by atoms with Gasteiger partial charge in [0, 0.05) is 25.7 Å². The first-order valence-electron chi connectivity index (χ1n) is 5.79. The highest BCUT2D eigenvalue weighted by Crippen LogP contribution is 2.31. The topological polar surface area (TPSA) is 49.5 Å². The first-order chi connectivity index (χ1) is 6.59. The molecule has 1 saturated heterocycles. The summed E-state index contributed by atoms with van der Waals surface area (Å²) in [6.07, 6.45) is 4.33. The molecule has 2 atom stereocenters. The third-order valence-corrected chi connectivity index (χ3v) is 3.80. The predicted molar refractivity (Wildman–Crippen MR) is 57.0 cm³/mol. The van der Waals surface area contributed by atoms with Gasteiger partial charge in [0.25, 0.3) is 0 Å². The zero-order valence-electron chi connectivity index (χ0n) is 9.08. The second-order valence-electron chi connectivity index (χ2n) is 5.27. The Hall–Kier alpha value is -0.120. The van der Waals surface area contributed by atoms with Gasteiger partial charge >= 0.3 is 0 Å². The fourth-order valence-electron chi connectivity index (χ4n) is 2.83. The predicted octanol–water partition coefficient (Wildman–Crippen LogP) is 0.570. The van der Waals surface area contributed by atoms with E-state index in [1.807, 2.05) is 0 Å². The van der Waals surface area contributed by atoms with E-state index in [2.05, 4.69) is 11.8 Å². The maximum atomic E-state index is 10.2. The normalized spacial score (nSPS) is 37.9. The number of likely N-dealkylation sites (tertiary alicyclic amines) is 1. The van der Waals surface area contributed by atoms with Crippen molar-refractivity contribution in [3.63, 3.8) is 0 Å². The molecule has 2 unspecified atom stereocenters. The Morgan fingerprint density at radius 2 is 2.00 bits per heavy atom. The van der Waals surface area contributed by atoms with Crippen LogP contribution in [0.25, 0.3) is 0 Å². The molecule has 0 bridgehead atoms. The van der Waals surface area contributed by atoms with Gasteiger partial charge in [-0.05, 0) is 18.8 Å². The number of β-amino-alcohol motifs (C(OH)–C–C–N with tert-alkyl or cyclic N) is 1. The van der Waals surface area contributed by atoms with Crippen LogP contribution in [-0.4, -0.2) is 41.3 Å². The number of hydrogen-bond acceptors (Lipinski definition) is 3. The van der Waals surface area contributed by atoms with E-state index in [1.54, 1.807) is 0 Å². The molecule has 1 aliphatic heterocycles. The van der Waals surface area contributed by atoms with Crippen LogP contribution in [0.3, 0.4) is 0 Å². The molecule has 0 aromatic rings. The maximum Gasteiger partial charge on any atom is 0.0774 e. The molecule has 0 aromatic carbocycles. The number of hydrogen-bond donors (Lipinski definition) is 2. The van der Waals surface area contributed by atoms with Crippen LogP contribution in [0.5, 0.6) is 0 Å². The smallest absolute Gasteiger partial charge is 0.0774 e. The molecule has 3 nitrogen and oxygen atoms in total. The molecule has 3 heteroatoms. The fraction of sp³-hybridized carbons (Fsp3) is 1.00. The van der Waals surface area contributed by atoms with Gasteiger partial charge in [0.2, 0.25) is 0 Å². The highest BCUT2D eigenvalue weighted by molar-refractivity contribution is 4.92. The van der Waals surface area contributed by atoms with E-state index in [9.17, 15) is 5.11 Å². The highest BCUT2D eigenvalue weighted by atomic mass is 16.3. The maximum absolute atomic E-state index is 10.2. The van der Waals surface area contributed by atoms with Crippen molar-refractivity contribution in [2.45, 2.75) is 44.2 Å². The average molecular weight is 198 g/mol. The summed E-state index contributed by atoms with van der Waals surface area (Å²) in [5.41, 5.74) is 5.56. The van der Waals surface area contributed by atoms with Crippen molar-refractivity contribution in [2.75, 3.05) is 19.6 Å². The van der Waals surface area contributed by atoms with Gasteiger partial charge in [0.1, 0.15) is 0 Å². The van der Waals surface area contributed by atoms with Gasteiger partial charge in [-0.2, -0.15) is 0 Å². The molecule has 14 heavy (non-hydrogen) atoms. The SMILES string of the molecule is CC1CN(CC2(O)CCCC2)CC1N. The zero-order chi connectivity index (χ0) is 10.2. The van der Waals surface area contributed by atoms with Crippen LogP contribution < -0.4 is 5.73 Å². The van der Waals surface area contributed by atoms with Crippen LogP contribution in [0.1, 0.15) is 32.6 Å². The number of nitrogens with zero attached hydrogens (tertiary/aromatic N) is 1. The average Bonchev–Trinajstić information content (AvgIpc) is 2.62. The lowest BCUT2D eigenvalue weighted by Crippen LogP contribution is -2.40. The molecular formula is C11H22N2O. The molecule has 0 spiro atoms. The van der Waals surface area contributed by atoms with Gasteiger partial charge in [0.15, 0.2) is 0 Å². The first kappa shape index (κ1) is 10.4. The van der Waals surface area contributed by atoms with Crippen molar-refractivity contribution < 1.29 is 5.11 Å². The summed E-state index contributed by atoms with van der Waals surface area (Å²) < 4.78 is 0. The fourth-order valence-corrected chi connectivity index (χ4v) is 2.83. The quantitative estimate of drug-likeness (QED) is 0.682. The van der Waals surface area contributed by atoms with Crippen molar-refractivity contribution in [3.05, 3.63) is 0 Å². The summed E-state index contributed by atoms with van der Waals surface area (Å²) in [6, 6.07) is 0.306. The standard InChI is InChI=1S/C11H22N2O/c1-9-6-13(7-10(9)12)8-11(14)4-2-3-5-11/h9-10,14H,2-8,12H2,1H3. The molecule has 1 saturated carbocycles. The van der Waals surface area contributed by atoms with Crippen molar-refractivity contribution in [2.24, 2.45) is 11.7 Å². The Morgan fingerprint density at radius 3 is 2.50 bits per heavy atom. The summed E-state index contributed by atoms with van der Waals surface area (Å²) in [5.74, 6) is 0.583. The second kappa shape index (κ2) is 3.80. The highest BCUT2D eigenvalue weighted by Gasteiger charge is 2.36. The molecule has 2 rings (SSSR count). The van der Waals surface area contributed by atoms with E-state index >= 15 is 0 Å². The van der Waals surface area contributed by atoms with Crippen molar-refractivity contribution in [1.82, 2.24) is 4.90 Å². The minimum atomic E-state index is -0.399. The number of aliphatic hydroxyl groups is 1. The molecular weight excluding hydrogens is 176 g/mol. The van der Waals surface area contributed by atoms with Crippen LogP contribution in [0, 0.1) is 5.92 Å². The first-order valence-corrected chi connectivity index (χ1v) is 5.79. The Labute approximate surface area is 86.3 Å². The lowest BCUT2D eigenvalue weighted by atomic mass is 10.0. The molecule has 1 aliphatic carbocycles. The molecule has 3 N–H and O–H groups in total. The lowest BCUT2D eigenvalue weighted by Gasteiger charge is -2.28. The van der Waals surface area contributed by atoms with Gasteiger partial charge in [-0.1, -0.05) is 19.8 Å². The van der Waals surface area contributed by atoms with Gasteiger partial charge in [-0.3, -0.25) is 4.90 Å². The molecule has 0 aromatic heterocycles. The second-order valence-corrected chi connectivity index (χ2v) is 5.27. The third-order valence-electron chi connectivity index (χ3n) is 3.80. The third kappa shape index (κ3) is 2.10. The van der Waals surface area contributed by atoms with Gasteiger partial charge in [-0.15, -0.1) is 0 Å². The van der Waals surface area contributed by atoms with E-state index in [0.717, 1.165) is 32.5 Å². The Bertz CT molecular complexity index is 191. The summed E-state index contributed by atoms with van der Waals surface area (Å²) in [4.78, 5) is 2.33. The molecule has 0 radical (unpaired) electrons. The molecule has 2 fully saturated rings. The summed E-state index contributed by atoms with van der Waals surface area (Å²) in [6.45, 7) is 5.06. The minimum absolute atomic E-state index is 0.306. The van der Waals surface area contributed by atoms with E-state index in [-0.39, 0.29) is 0 Å². The molecule has 2 aliphatic rings. The summed E-state index contributed by atoms with van der Waals surface area (Å²) >= 11 is 0. The van der Waals surface area contributed by atoms with Crippen LogP contribution >= 0.6 is 0 Å². The van der Waals surface area contributed by atoms with Gasteiger partial charge in [-0.25, -0.2) is 0 Å². The Morgan fingerprint density at radius 1 is 1.36 bits per heavy atom. The minimum Gasteiger partial charge on any atom is -0.389 e. The van der Waals surface area contributed by atoms with Gasteiger partial charge < -0.3 is 10.8 Å². The van der Waals surface area contributed by atoms with E-state index in [1.165, 1.54) is 12.8 Å². The van der Waals surface area contributed by atoms with Crippen molar-refractivity contribution in [1.29, 1.82) is 0 Å². The Balaban J connectivity index is 1.86. The zero-order valence-corrected chi connectivity index (χ0v) is 9.08.